The van der Waals surface area contributed by atoms with Crippen molar-refractivity contribution in [3.63, 3.8) is 0 Å². The molecule has 88 valence electrons. The van der Waals surface area contributed by atoms with Gasteiger partial charge in [-0.15, -0.1) is 0 Å². The molecule has 1 unspecified atom stereocenters. The lowest BCUT2D eigenvalue weighted by atomic mass is 10.1. The fourth-order valence-corrected chi connectivity index (χ4v) is 2.50. The molecule has 1 aliphatic heterocycles. The van der Waals surface area contributed by atoms with Gasteiger partial charge in [0, 0.05) is 19.6 Å². The Balaban J connectivity index is 1.94. The summed E-state index contributed by atoms with van der Waals surface area (Å²) < 4.78 is 0. The van der Waals surface area contributed by atoms with Gasteiger partial charge in [-0.25, -0.2) is 0 Å². The fourth-order valence-electron chi connectivity index (χ4n) is 2.50. The van der Waals surface area contributed by atoms with Crippen LogP contribution in [-0.4, -0.2) is 18.0 Å². The molecule has 1 atom stereocenters. The second-order valence-corrected chi connectivity index (χ2v) is 4.82. The molecule has 1 aromatic carbocycles. The van der Waals surface area contributed by atoms with Crippen LogP contribution in [0.1, 0.15) is 30.9 Å². The molecule has 0 aromatic heterocycles. The molecule has 1 aliphatic rings. The summed E-state index contributed by atoms with van der Waals surface area (Å²) in [5, 5.41) is 0. The van der Waals surface area contributed by atoms with Gasteiger partial charge in [-0.1, -0.05) is 37.6 Å². The summed E-state index contributed by atoms with van der Waals surface area (Å²) in [6, 6.07) is 8.66. The van der Waals surface area contributed by atoms with Crippen molar-refractivity contribution in [3.05, 3.63) is 35.4 Å². The Hall–Kier alpha value is -0.860. The number of likely N-dealkylation sites (tertiary alicyclic amines) is 1. The highest BCUT2D eigenvalue weighted by Crippen LogP contribution is 2.21. The Kier molecular flexibility index (Phi) is 3.97. The zero-order valence-electron chi connectivity index (χ0n) is 10.2. The standard InChI is InChI=1S/C14H22N2/c1-2-12-6-7-16(10-12)11-14-5-3-4-13(8-14)9-15/h3-5,8,12H,2,6-7,9-11,15H2,1H3. The number of rotatable bonds is 4. The molecule has 0 spiro atoms. The number of hydrogen-bond donors (Lipinski definition) is 1. The third-order valence-electron chi connectivity index (χ3n) is 3.58. The van der Waals surface area contributed by atoms with Crippen molar-refractivity contribution in [2.75, 3.05) is 13.1 Å². The minimum atomic E-state index is 0.644. The van der Waals surface area contributed by atoms with Gasteiger partial charge in [0.15, 0.2) is 0 Å². The van der Waals surface area contributed by atoms with E-state index < -0.39 is 0 Å². The van der Waals surface area contributed by atoms with Crippen LogP contribution in [0, 0.1) is 5.92 Å². The first-order valence-electron chi connectivity index (χ1n) is 6.32. The molecule has 2 rings (SSSR count). The van der Waals surface area contributed by atoms with Gasteiger partial charge in [-0.05, 0) is 30.0 Å². The van der Waals surface area contributed by atoms with Crippen molar-refractivity contribution in [2.45, 2.75) is 32.9 Å². The van der Waals surface area contributed by atoms with Crippen LogP contribution in [0.5, 0.6) is 0 Å². The van der Waals surface area contributed by atoms with Crippen LogP contribution in [0.15, 0.2) is 24.3 Å². The smallest absolute Gasteiger partial charge is 0.0233 e. The first-order valence-corrected chi connectivity index (χ1v) is 6.32. The molecule has 0 radical (unpaired) electrons. The quantitative estimate of drug-likeness (QED) is 0.840. The van der Waals surface area contributed by atoms with E-state index in [-0.39, 0.29) is 0 Å². The molecule has 0 bridgehead atoms. The maximum atomic E-state index is 5.66. The first kappa shape index (κ1) is 11.6. The average Bonchev–Trinajstić information content (AvgIpc) is 2.77. The second-order valence-electron chi connectivity index (χ2n) is 4.82. The molecule has 1 saturated heterocycles. The zero-order chi connectivity index (χ0) is 11.4. The normalized spacial score (nSPS) is 21.5. The van der Waals surface area contributed by atoms with E-state index in [0.717, 1.165) is 12.5 Å². The molecule has 16 heavy (non-hydrogen) atoms. The monoisotopic (exact) mass is 218 g/mol. The molecule has 0 aliphatic carbocycles. The van der Waals surface area contributed by atoms with Crippen molar-refractivity contribution in [3.8, 4) is 0 Å². The Labute approximate surface area is 98.4 Å². The number of benzene rings is 1. The lowest BCUT2D eigenvalue weighted by molar-refractivity contribution is 0.315. The van der Waals surface area contributed by atoms with Crippen LogP contribution in [-0.2, 0) is 13.1 Å². The molecule has 2 N–H and O–H groups in total. The summed E-state index contributed by atoms with van der Waals surface area (Å²) in [6.07, 6.45) is 2.69. The van der Waals surface area contributed by atoms with Crippen LogP contribution >= 0.6 is 0 Å². The van der Waals surface area contributed by atoms with Gasteiger partial charge < -0.3 is 5.73 Å². The van der Waals surface area contributed by atoms with Crippen LogP contribution < -0.4 is 5.73 Å². The van der Waals surface area contributed by atoms with Crippen molar-refractivity contribution in [1.82, 2.24) is 4.90 Å². The highest BCUT2D eigenvalue weighted by atomic mass is 15.1. The van der Waals surface area contributed by atoms with Gasteiger partial charge in [0.05, 0.1) is 0 Å². The summed E-state index contributed by atoms with van der Waals surface area (Å²) in [7, 11) is 0. The predicted molar refractivity (Wildman–Crippen MR) is 68.0 cm³/mol. The molecule has 2 nitrogen and oxygen atoms in total. The molecule has 0 saturated carbocycles. The van der Waals surface area contributed by atoms with E-state index in [1.54, 1.807) is 0 Å². The summed E-state index contributed by atoms with van der Waals surface area (Å²) in [4.78, 5) is 2.56. The summed E-state index contributed by atoms with van der Waals surface area (Å²) in [5.41, 5.74) is 8.30. The van der Waals surface area contributed by atoms with Gasteiger partial charge in [0.25, 0.3) is 0 Å². The molecule has 2 heteroatoms. The highest BCUT2D eigenvalue weighted by Gasteiger charge is 2.20. The second kappa shape index (κ2) is 5.46. The van der Waals surface area contributed by atoms with Crippen molar-refractivity contribution < 1.29 is 0 Å². The lowest BCUT2D eigenvalue weighted by Crippen LogP contribution is -2.20. The van der Waals surface area contributed by atoms with Crippen LogP contribution in [0.4, 0.5) is 0 Å². The topological polar surface area (TPSA) is 29.3 Å². The van der Waals surface area contributed by atoms with Gasteiger partial charge in [-0.2, -0.15) is 0 Å². The highest BCUT2D eigenvalue weighted by molar-refractivity contribution is 5.23. The van der Waals surface area contributed by atoms with Crippen LogP contribution in [0.25, 0.3) is 0 Å². The molecule has 1 heterocycles. The Bertz CT molecular complexity index is 335. The summed E-state index contributed by atoms with van der Waals surface area (Å²) in [5.74, 6) is 0.915. The molecule has 0 amide bonds. The minimum absolute atomic E-state index is 0.644. The van der Waals surface area contributed by atoms with E-state index in [1.165, 1.54) is 37.1 Å². The SMILES string of the molecule is CCC1CCN(Cc2cccc(CN)c2)C1. The minimum Gasteiger partial charge on any atom is -0.326 e. The molecule has 1 fully saturated rings. The zero-order valence-corrected chi connectivity index (χ0v) is 10.2. The Morgan fingerprint density at radius 2 is 2.19 bits per heavy atom. The van der Waals surface area contributed by atoms with E-state index in [4.69, 9.17) is 5.73 Å². The maximum Gasteiger partial charge on any atom is 0.0233 e. The van der Waals surface area contributed by atoms with E-state index in [2.05, 4.69) is 36.1 Å². The van der Waals surface area contributed by atoms with E-state index >= 15 is 0 Å². The third-order valence-corrected chi connectivity index (χ3v) is 3.58. The van der Waals surface area contributed by atoms with Crippen molar-refractivity contribution >= 4 is 0 Å². The maximum absolute atomic E-state index is 5.66. The number of nitrogens with zero attached hydrogens (tertiary/aromatic N) is 1. The summed E-state index contributed by atoms with van der Waals surface area (Å²) in [6.45, 7) is 6.55. The Morgan fingerprint density at radius 3 is 2.88 bits per heavy atom. The van der Waals surface area contributed by atoms with Crippen molar-refractivity contribution in [1.29, 1.82) is 0 Å². The van der Waals surface area contributed by atoms with E-state index in [1.807, 2.05) is 0 Å². The van der Waals surface area contributed by atoms with Gasteiger partial charge in [0.1, 0.15) is 0 Å². The fraction of sp³-hybridized carbons (Fsp3) is 0.571. The lowest BCUT2D eigenvalue weighted by Gasteiger charge is -2.16. The molecular formula is C14H22N2. The average molecular weight is 218 g/mol. The van der Waals surface area contributed by atoms with E-state index in [0.29, 0.717) is 6.54 Å². The third kappa shape index (κ3) is 2.83. The van der Waals surface area contributed by atoms with Crippen LogP contribution in [0.2, 0.25) is 0 Å². The molecular weight excluding hydrogens is 196 g/mol. The van der Waals surface area contributed by atoms with Gasteiger partial charge in [-0.3, -0.25) is 4.90 Å². The number of nitrogens with two attached hydrogens (primary N) is 1. The summed E-state index contributed by atoms with van der Waals surface area (Å²) >= 11 is 0. The van der Waals surface area contributed by atoms with Crippen molar-refractivity contribution in [2.24, 2.45) is 11.7 Å². The van der Waals surface area contributed by atoms with E-state index in [9.17, 15) is 0 Å². The van der Waals surface area contributed by atoms with Gasteiger partial charge in [0.2, 0.25) is 0 Å². The van der Waals surface area contributed by atoms with Gasteiger partial charge >= 0.3 is 0 Å². The largest absolute Gasteiger partial charge is 0.326 e. The first-order chi connectivity index (χ1) is 7.81. The van der Waals surface area contributed by atoms with Crippen LogP contribution in [0.3, 0.4) is 0 Å². The Morgan fingerprint density at radius 1 is 1.38 bits per heavy atom. The number of hydrogen-bond acceptors (Lipinski definition) is 2. The molecule has 1 aromatic rings. The predicted octanol–water partition coefficient (Wildman–Crippen LogP) is 2.38.